The Hall–Kier alpha value is -2.89. The zero-order chi connectivity index (χ0) is 17.6. The molecule has 1 saturated heterocycles. The summed E-state index contributed by atoms with van der Waals surface area (Å²) < 4.78 is 13.6. The van der Waals surface area contributed by atoms with Gasteiger partial charge in [-0.05, 0) is 18.2 Å². The molecule has 2 aromatic rings. The van der Waals surface area contributed by atoms with Crippen molar-refractivity contribution in [3.8, 4) is 0 Å². The van der Waals surface area contributed by atoms with Gasteiger partial charge >= 0.3 is 6.03 Å². The highest BCUT2D eigenvalue weighted by molar-refractivity contribution is 5.94. The SMILES string of the molecule is O=C(NCc1ccccc1F)N1CCN(C(=O)c2ccccc2)CC1. The van der Waals surface area contributed by atoms with E-state index >= 15 is 0 Å². The molecule has 0 unspecified atom stereocenters. The predicted octanol–water partition coefficient (Wildman–Crippen LogP) is 2.49. The predicted molar refractivity (Wildman–Crippen MR) is 92.6 cm³/mol. The summed E-state index contributed by atoms with van der Waals surface area (Å²) in [5.41, 5.74) is 1.11. The van der Waals surface area contributed by atoms with Gasteiger partial charge in [-0.2, -0.15) is 0 Å². The molecule has 3 rings (SSSR count). The summed E-state index contributed by atoms with van der Waals surface area (Å²) >= 11 is 0. The van der Waals surface area contributed by atoms with Crippen LogP contribution < -0.4 is 5.32 Å². The number of hydrogen-bond donors (Lipinski definition) is 1. The summed E-state index contributed by atoms with van der Waals surface area (Å²) in [6, 6.07) is 15.2. The Kier molecular flexibility index (Phi) is 5.28. The molecule has 0 saturated carbocycles. The number of amides is 3. The van der Waals surface area contributed by atoms with Crippen molar-refractivity contribution < 1.29 is 14.0 Å². The van der Waals surface area contributed by atoms with Crippen molar-refractivity contribution in [3.05, 3.63) is 71.5 Å². The molecule has 1 N–H and O–H groups in total. The highest BCUT2D eigenvalue weighted by Crippen LogP contribution is 2.10. The van der Waals surface area contributed by atoms with Gasteiger partial charge in [0.25, 0.3) is 5.91 Å². The fourth-order valence-corrected chi connectivity index (χ4v) is 2.80. The van der Waals surface area contributed by atoms with E-state index in [-0.39, 0.29) is 24.3 Å². The summed E-state index contributed by atoms with van der Waals surface area (Å²) in [6.45, 7) is 2.04. The van der Waals surface area contributed by atoms with E-state index < -0.39 is 0 Å². The number of carbonyl (C=O) groups excluding carboxylic acids is 2. The first-order valence-corrected chi connectivity index (χ1v) is 8.25. The largest absolute Gasteiger partial charge is 0.335 e. The molecule has 3 amide bonds. The van der Waals surface area contributed by atoms with Gasteiger partial charge in [-0.3, -0.25) is 4.79 Å². The number of halogens is 1. The van der Waals surface area contributed by atoms with Gasteiger partial charge in [0, 0.05) is 43.9 Å². The van der Waals surface area contributed by atoms with E-state index in [2.05, 4.69) is 5.32 Å². The van der Waals surface area contributed by atoms with Gasteiger partial charge in [-0.15, -0.1) is 0 Å². The molecule has 25 heavy (non-hydrogen) atoms. The standard InChI is InChI=1S/C19H20FN3O2/c20-17-9-5-4-8-16(17)14-21-19(25)23-12-10-22(11-13-23)18(24)15-6-2-1-3-7-15/h1-9H,10-14H2,(H,21,25). The van der Waals surface area contributed by atoms with Gasteiger partial charge in [-0.1, -0.05) is 36.4 Å². The van der Waals surface area contributed by atoms with Crippen molar-refractivity contribution in [2.24, 2.45) is 0 Å². The Labute approximate surface area is 146 Å². The molecule has 0 aliphatic carbocycles. The third kappa shape index (κ3) is 4.15. The number of carbonyl (C=O) groups is 2. The molecule has 1 heterocycles. The Morgan fingerprint density at radius 1 is 0.880 bits per heavy atom. The minimum atomic E-state index is -0.332. The van der Waals surface area contributed by atoms with Crippen molar-refractivity contribution in [2.45, 2.75) is 6.54 Å². The van der Waals surface area contributed by atoms with Gasteiger partial charge in [0.15, 0.2) is 0 Å². The summed E-state index contributed by atoms with van der Waals surface area (Å²) in [5.74, 6) is -0.354. The van der Waals surface area contributed by atoms with Crippen molar-refractivity contribution in [2.75, 3.05) is 26.2 Å². The highest BCUT2D eigenvalue weighted by atomic mass is 19.1. The van der Waals surface area contributed by atoms with E-state index in [4.69, 9.17) is 0 Å². The number of nitrogens with zero attached hydrogens (tertiary/aromatic N) is 2. The van der Waals surface area contributed by atoms with Gasteiger partial charge in [0.05, 0.1) is 0 Å². The van der Waals surface area contributed by atoms with E-state index in [1.165, 1.54) is 6.07 Å². The van der Waals surface area contributed by atoms with Crippen LogP contribution in [0, 0.1) is 5.82 Å². The molecule has 5 nitrogen and oxygen atoms in total. The summed E-state index contributed by atoms with van der Waals surface area (Å²) in [5, 5.41) is 2.73. The third-order valence-corrected chi connectivity index (χ3v) is 4.26. The zero-order valence-corrected chi connectivity index (χ0v) is 13.8. The Balaban J connectivity index is 1.49. The highest BCUT2D eigenvalue weighted by Gasteiger charge is 2.24. The Bertz CT molecular complexity index is 743. The summed E-state index contributed by atoms with van der Waals surface area (Å²) in [7, 11) is 0. The van der Waals surface area contributed by atoms with Crippen LogP contribution in [0.25, 0.3) is 0 Å². The van der Waals surface area contributed by atoms with Crippen LogP contribution in [0.4, 0.5) is 9.18 Å². The average molecular weight is 341 g/mol. The number of piperazine rings is 1. The first-order valence-electron chi connectivity index (χ1n) is 8.25. The minimum absolute atomic E-state index is 0.0213. The molecule has 0 aromatic heterocycles. The van der Waals surface area contributed by atoms with Crippen LogP contribution in [0.1, 0.15) is 15.9 Å². The summed E-state index contributed by atoms with van der Waals surface area (Å²) in [6.07, 6.45) is 0. The normalized spacial score (nSPS) is 14.3. The van der Waals surface area contributed by atoms with Gasteiger partial charge in [0.1, 0.15) is 5.82 Å². The Morgan fingerprint density at radius 3 is 2.16 bits per heavy atom. The molecule has 0 bridgehead atoms. The lowest BCUT2D eigenvalue weighted by molar-refractivity contribution is 0.0665. The van der Waals surface area contributed by atoms with Crippen LogP contribution >= 0.6 is 0 Å². The molecular formula is C19H20FN3O2. The van der Waals surface area contributed by atoms with E-state index in [0.29, 0.717) is 37.3 Å². The van der Waals surface area contributed by atoms with Crippen LogP contribution in [0.3, 0.4) is 0 Å². The van der Waals surface area contributed by atoms with Gasteiger partial charge in [0.2, 0.25) is 0 Å². The van der Waals surface area contributed by atoms with Crippen molar-refractivity contribution in [3.63, 3.8) is 0 Å². The lowest BCUT2D eigenvalue weighted by Gasteiger charge is -2.34. The monoisotopic (exact) mass is 341 g/mol. The van der Waals surface area contributed by atoms with Gasteiger partial charge < -0.3 is 15.1 Å². The van der Waals surface area contributed by atoms with Crippen LogP contribution in [0.2, 0.25) is 0 Å². The third-order valence-electron chi connectivity index (χ3n) is 4.26. The molecule has 0 spiro atoms. The van der Waals surface area contributed by atoms with Gasteiger partial charge in [-0.25, -0.2) is 9.18 Å². The van der Waals surface area contributed by atoms with Crippen molar-refractivity contribution in [1.29, 1.82) is 0 Å². The van der Waals surface area contributed by atoms with Crippen LogP contribution in [-0.2, 0) is 6.54 Å². The zero-order valence-electron chi connectivity index (χ0n) is 13.8. The molecule has 2 aromatic carbocycles. The van der Waals surface area contributed by atoms with Crippen LogP contribution in [-0.4, -0.2) is 47.9 Å². The number of rotatable bonds is 3. The van der Waals surface area contributed by atoms with E-state index in [1.54, 1.807) is 40.1 Å². The second-order valence-electron chi connectivity index (χ2n) is 5.90. The molecule has 0 atom stereocenters. The number of benzene rings is 2. The van der Waals surface area contributed by atoms with Crippen molar-refractivity contribution in [1.82, 2.24) is 15.1 Å². The quantitative estimate of drug-likeness (QED) is 0.933. The van der Waals surface area contributed by atoms with Crippen LogP contribution in [0.15, 0.2) is 54.6 Å². The lowest BCUT2D eigenvalue weighted by atomic mass is 10.2. The fraction of sp³-hybridized carbons (Fsp3) is 0.263. The molecule has 0 radical (unpaired) electrons. The van der Waals surface area contributed by atoms with E-state index in [9.17, 15) is 14.0 Å². The van der Waals surface area contributed by atoms with Crippen LogP contribution in [0.5, 0.6) is 0 Å². The maximum absolute atomic E-state index is 13.6. The fourth-order valence-electron chi connectivity index (χ4n) is 2.80. The maximum atomic E-state index is 13.6. The number of nitrogens with one attached hydrogen (secondary N) is 1. The molecule has 1 fully saturated rings. The van der Waals surface area contributed by atoms with Crippen molar-refractivity contribution >= 4 is 11.9 Å². The first-order chi connectivity index (χ1) is 12.1. The second kappa shape index (κ2) is 7.79. The van der Waals surface area contributed by atoms with E-state index in [0.717, 1.165) is 0 Å². The number of urea groups is 1. The topological polar surface area (TPSA) is 52.7 Å². The number of hydrogen-bond acceptors (Lipinski definition) is 2. The molecule has 6 heteroatoms. The lowest BCUT2D eigenvalue weighted by Crippen LogP contribution is -2.53. The maximum Gasteiger partial charge on any atom is 0.317 e. The molecule has 1 aliphatic heterocycles. The average Bonchev–Trinajstić information content (AvgIpc) is 2.67. The minimum Gasteiger partial charge on any atom is -0.335 e. The van der Waals surface area contributed by atoms with E-state index in [1.807, 2.05) is 18.2 Å². The summed E-state index contributed by atoms with van der Waals surface area (Å²) in [4.78, 5) is 28.0. The molecule has 1 aliphatic rings. The Morgan fingerprint density at radius 2 is 1.48 bits per heavy atom. The smallest absolute Gasteiger partial charge is 0.317 e. The molecular weight excluding hydrogens is 321 g/mol. The molecule has 130 valence electrons. The first kappa shape index (κ1) is 17.0. The second-order valence-corrected chi connectivity index (χ2v) is 5.90.